The van der Waals surface area contributed by atoms with Crippen LogP contribution in [0.3, 0.4) is 0 Å². The van der Waals surface area contributed by atoms with E-state index in [1.54, 1.807) is 23.1 Å². The zero-order chi connectivity index (χ0) is 23.1. The Morgan fingerprint density at radius 1 is 1.45 bits per heavy atom. The number of aryl methyl sites for hydroxylation is 1. The Kier molecular flexibility index (Phi) is 5.63. The Bertz CT molecular complexity index is 1340. The summed E-state index contributed by atoms with van der Waals surface area (Å²) in [6.45, 7) is 3.51. The summed E-state index contributed by atoms with van der Waals surface area (Å²) < 4.78 is 20.6. The quantitative estimate of drug-likeness (QED) is 0.460. The molecule has 0 saturated carbocycles. The van der Waals surface area contributed by atoms with Gasteiger partial charge in [-0.05, 0) is 31.5 Å². The molecule has 4 aromatic rings. The first-order valence-corrected chi connectivity index (χ1v) is 11.1. The highest BCUT2D eigenvalue weighted by molar-refractivity contribution is 6.31. The van der Waals surface area contributed by atoms with Crippen molar-refractivity contribution in [3.63, 3.8) is 0 Å². The number of fused-ring (bicyclic) bond motifs is 2. The summed E-state index contributed by atoms with van der Waals surface area (Å²) in [5.74, 6) is 0.261. The number of likely N-dealkylation sites (tertiary alicyclic amines) is 1. The topological polar surface area (TPSA) is 101 Å². The summed E-state index contributed by atoms with van der Waals surface area (Å²) in [4.78, 5) is 26.5. The third-order valence-electron chi connectivity index (χ3n) is 5.72. The molecule has 2 atom stereocenters. The number of carbonyl (C=O) groups excluding carboxylic acids is 1. The van der Waals surface area contributed by atoms with E-state index in [9.17, 15) is 9.18 Å². The van der Waals surface area contributed by atoms with Gasteiger partial charge in [-0.3, -0.25) is 9.58 Å². The van der Waals surface area contributed by atoms with E-state index in [-0.39, 0.29) is 11.8 Å². The molecule has 0 radical (unpaired) electrons. The molecular formula is C22H23ClFN7O2. The van der Waals surface area contributed by atoms with E-state index in [1.807, 2.05) is 31.0 Å². The van der Waals surface area contributed by atoms with E-state index in [1.165, 1.54) is 0 Å². The summed E-state index contributed by atoms with van der Waals surface area (Å²) in [6, 6.07) is 5.33. The number of H-pyrrole nitrogens is 1. The molecule has 1 fully saturated rings. The number of aromatic amines is 1. The van der Waals surface area contributed by atoms with Gasteiger partial charge in [0.2, 0.25) is 0 Å². The number of aromatic nitrogens is 5. The molecule has 172 valence electrons. The predicted molar refractivity (Wildman–Crippen MR) is 123 cm³/mol. The molecule has 0 aliphatic carbocycles. The average Bonchev–Trinajstić information content (AvgIpc) is 3.45. The number of benzene rings is 1. The van der Waals surface area contributed by atoms with Gasteiger partial charge in [0.1, 0.15) is 17.6 Å². The van der Waals surface area contributed by atoms with Gasteiger partial charge in [-0.15, -0.1) is 0 Å². The van der Waals surface area contributed by atoms with E-state index in [0.717, 1.165) is 10.9 Å². The van der Waals surface area contributed by atoms with Crippen molar-refractivity contribution in [3.05, 3.63) is 35.6 Å². The van der Waals surface area contributed by atoms with E-state index in [4.69, 9.17) is 16.3 Å². The molecule has 11 heteroatoms. The molecule has 1 aromatic carbocycles. The maximum Gasteiger partial charge on any atom is 0.412 e. The van der Waals surface area contributed by atoms with Crippen molar-refractivity contribution in [1.82, 2.24) is 34.9 Å². The monoisotopic (exact) mass is 471 g/mol. The maximum atomic E-state index is 13.4. The van der Waals surface area contributed by atoms with E-state index in [0.29, 0.717) is 53.6 Å². The molecule has 1 saturated heterocycles. The number of hydrogen-bond donors (Lipinski definition) is 2. The zero-order valence-corrected chi connectivity index (χ0v) is 18.9. The normalized spacial score (nSPS) is 17.6. The molecule has 0 spiro atoms. The van der Waals surface area contributed by atoms with Crippen molar-refractivity contribution in [2.45, 2.75) is 25.6 Å². The number of amides is 1. The first-order chi connectivity index (χ1) is 15.9. The minimum absolute atomic E-state index is 0.193. The smallest absolute Gasteiger partial charge is 0.406 e. The van der Waals surface area contributed by atoms with Crippen LogP contribution in [0.2, 0.25) is 5.02 Å². The second-order valence-corrected chi connectivity index (χ2v) is 8.76. The Morgan fingerprint density at radius 3 is 3.09 bits per heavy atom. The highest BCUT2D eigenvalue weighted by atomic mass is 35.5. The van der Waals surface area contributed by atoms with Crippen molar-refractivity contribution in [3.8, 4) is 17.1 Å². The van der Waals surface area contributed by atoms with Crippen LogP contribution >= 0.6 is 11.6 Å². The number of nitrogens with one attached hydrogen (secondary N) is 2. The zero-order valence-electron chi connectivity index (χ0n) is 18.2. The number of carbonyl (C=O) groups is 1. The first-order valence-electron chi connectivity index (χ1n) is 10.7. The molecule has 4 heterocycles. The van der Waals surface area contributed by atoms with Gasteiger partial charge in [-0.2, -0.15) is 5.10 Å². The second-order valence-electron chi connectivity index (χ2n) is 8.32. The summed E-state index contributed by atoms with van der Waals surface area (Å²) >= 11 is 6.12. The lowest BCUT2D eigenvalue weighted by atomic mass is 10.2. The number of halogens is 2. The molecule has 0 bridgehead atoms. The molecule has 1 aliphatic heterocycles. The van der Waals surface area contributed by atoms with Crippen molar-refractivity contribution in [1.29, 1.82) is 0 Å². The SMILES string of the molecule is C[C@H](CN1CC[C@@H](F)C1)NC(=O)Oc1c[nH]c2ncc(-c3nn(C)c4cc(Cl)ccc34)nc12. The first kappa shape index (κ1) is 21.6. The van der Waals surface area contributed by atoms with Crippen LogP contribution in [0.1, 0.15) is 13.3 Å². The van der Waals surface area contributed by atoms with Gasteiger partial charge in [-0.1, -0.05) is 11.6 Å². The Morgan fingerprint density at radius 2 is 2.30 bits per heavy atom. The minimum Gasteiger partial charge on any atom is -0.406 e. The Balaban J connectivity index is 1.35. The molecule has 33 heavy (non-hydrogen) atoms. The fraction of sp³-hybridized carbons (Fsp3) is 0.364. The van der Waals surface area contributed by atoms with Gasteiger partial charge < -0.3 is 15.0 Å². The average molecular weight is 472 g/mol. The van der Waals surface area contributed by atoms with Gasteiger partial charge in [0.15, 0.2) is 16.9 Å². The van der Waals surface area contributed by atoms with Gasteiger partial charge in [-0.25, -0.2) is 19.2 Å². The molecule has 0 unspecified atom stereocenters. The number of alkyl halides is 1. The van der Waals surface area contributed by atoms with Crippen LogP contribution in [0, 0.1) is 0 Å². The van der Waals surface area contributed by atoms with Gasteiger partial charge in [0.05, 0.1) is 11.7 Å². The molecule has 1 amide bonds. The van der Waals surface area contributed by atoms with Crippen molar-refractivity contribution >= 4 is 39.8 Å². The fourth-order valence-electron chi connectivity index (χ4n) is 4.20. The lowest BCUT2D eigenvalue weighted by Crippen LogP contribution is -2.42. The van der Waals surface area contributed by atoms with Crippen LogP contribution in [0.25, 0.3) is 33.5 Å². The summed E-state index contributed by atoms with van der Waals surface area (Å²) in [6.07, 6.45) is 2.30. The number of ether oxygens (including phenoxy) is 1. The van der Waals surface area contributed by atoms with E-state index >= 15 is 0 Å². The standard InChI is InChI=1S/C22H23ClFN7O2/c1-12(10-31-6-5-14(24)11-31)27-22(32)33-18-9-26-21-20(18)28-16(8-25-21)19-15-4-3-13(23)7-17(15)30(2)29-19/h3-4,7-9,12,14H,5-6,10-11H2,1-2H3,(H,25,26)(H,27,32)/t12-,14-/m1/s1. The van der Waals surface area contributed by atoms with Crippen LogP contribution < -0.4 is 10.1 Å². The van der Waals surface area contributed by atoms with Crippen LogP contribution in [-0.2, 0) is 7.05 Å². The molecule has 1 aliphatic rings. The van der Waals surface area contributed by atoms with Crippen molar-refractivity contribution in [2.24, 2.45) is 7.05 Å². The molecule has 5 rings (SSSR count). The van der Waals surface area contributed by atoms with E-state index in [2.05, 4.69) is 25.4 Å². The second kappa shape index (κ2) is 8.60. The lowest BCUT2D eigenvalue weighted by molar-refractivity contribution is 0.191. The molecular weight excluding hydrogens is 449 g/mol. The molecule has 9 nitrogen and oxygen atoms in total. The molecule has 3 aromatic heterocycles. The van der Waals surface area contributed by atoms with Gasteiger partial charge in [0.25, 0.3) is 0 Å². The van der Waals surface area contributed by atoms with Crippen molar-refractivity contribution in [2.75, 3.05) is 19.6 Å². The highest BCUT2D eigenvalue weighted by Crippen LogP contribution is 2.30. The largest absolute Gasteiger partial charge is 0.412 e. The fourth-order valence-corrected chi connectivity index (χ4v) is 4.36. The maximum absolute atomic E-state index is 13.4. The molecule has 2 N–H and O–H groups in total. The van der Waals surface area contributed by atoms with Crippen LogP contribution in [0.4, 0.5) is 9.18 Å². The number of hydrogen-bond acceptors (Lipinski definition) is 6. The predicted octanol–water partition coefficient (Wildman–Crippen LogP) is 3.69. The van der Waals surface area contributed by atoms with E-state index < -0.39 is 12.3 Å². The van der Waals surface area contributed by atoms with Gasteiger partial charge in [0, 0.05) is 49.3 Å². The lowest BCUT2D eigenvalue weighted by Gasteiger charge is -2.20. The Hall–Kier alpha value is -3.24. The van der Waals surface area contributed by atoms with Crippen molar-refractivity contribution < 1.29 is 13.9 Å². The van der Waals surface area contributed by atoms with Crippen LogP contribution in [0.5, 0.6) is 5.75 Å². The van der Waals surface area contributed by atoms with Crippen LogP contribution in [-0.4, -0.2) is 67.6 Å². The third kappa shape index (κ3) is 4.36. The highest BCUT2D eigenvalue weighted by Gasteiger charge is 2.24. The van der Waals surface area contributed by atoms with Crippen LogP contribution in [0.15, 0.2) is 30.6 Å². The number of rotatable bonds is 5. The summed E-state index contributed by atoms with van der Waals surface area (Å²) in [5, 5.41) is 8.86. The summed E-state index contributed by atoms with van der Waals surface area (Å²) in [7, 11) is 1.83. The third-order valence-corrected chi connectivity index (χ3v) is 5.95. The Labute approximate surface area is 193 Å². The van der Waals surface area contributed by atoms with Gasteiger partial charge >= 0.3 is 6.09 Å². The minimum atomic E-state index is -0.795. The summed E-state index contributed by atoms with van der Waals surface area (Å²) in [5.41, 5.74) is 2.98. The number of nitrogens with zero attached hydrogens (tertiary/aromatic N) is 5.